The molecular weight excluding hydrogens is 158 g/mol. The Morgan fingerprint density at radius 3 is 2.15 bits per heavy atom. The van der Waals surface area contributed by atoms with Crippen LogP contribution in [0.1, 0.15) is 34.6 Å². The highest BCUT2D eigenvalue weighted by Crippen LogP contribution is 2.10. The van der Waals surface area contributed by atoms with Crippen LogP contribution in [0.25, 0.3) is 0 Å². The van der Waals surface area contributed by atoms with Gasteiger partial charge in [0.15, 0.2) is 0 Å². The van der Waals surface area contributed by atoms with E-state index >= 15 is 0 Å². The first kappa shape index (κ1) is 12.3. The van der Waals surface area contributed by atoms with Crippen molar-refractivity contribution in [2.75, 3.05) is 7.05 Å². The molecule has 0 aliphatic rings. The normalized spacial score (nSPS) is 15.5. The lowest BCUT2D eigenvalue weighted by Gasteiger charge is -2.27. The second kappa shape index (κ2) is 5.85. The zero-order chi connectivity index (χ0) is 10.4. The predicted octanol–water partition coefficient (Wildman–Crippen LogP) is 3.44. The standard InChI is InChI=1S/C12H23N/c1-7-8-11(4)9-13(6)12(5)10(2)3/h7-10,12H,1-6H3/b8-7-,11-9+. The monoisotopic (exact) mass is 181 g/mol. The molecule has 0 fully saturated rings. The summed E-state index contributed by atoms with van der Waals surface area (Å²) < 4.78 is 0. The van der Waals surface area contributed by atoms with Gasteiger partial charge in [-0.05, 0) is 32.3 Å². The fourth-order valence-corrected chi connectivity index (χ4v) is 1.21. The number of hydrogen-bond acceptors (Lipinski definition) is 1. The molecule has 0 aromatic carbocycles. The van der Waals surface area contributed by atoms with Crippen LogP contribution >= 0.6 is 0 Å². The topological polar surface area (TPSA) is 3.24 Å². The van der Waals surface area contributed by atoms with Crippen LogP contribution in [0.4, 0.5) is 0 Å². The van der Waals surface area contributed by atoms with Crippen LogP contribution in [0.5, 0.6) is 0 Å². The van der Waals surface area contributed by atoms with E-state index in [1.807, 2.05) is 6.92 Å². The summed E-state index contributed by atoms with van der Waals surface area (Å²) in [4.78, 5) is 2.28. The number of nitrogens with zero attached hydrogens (tertiary/aromatic N) is 1. The van der Waals surface area contributed by atoms with Crippen molar-refractivity contribution in [2.24, 2.45) is 5.92 Å². The van der Waals surface area contributed by atoms with Crippen molar-refractivity contribution in [1.82, 2.24) is 4.90 Å². The van der Waals surface area contributed by atoms with Crippen LogP contribution < -0.4 is 0 Å². The maximum absolute atomic E-state index is 2.28. The van der Waals surface area contributed by atoms with Gasteiger partial charge in [-0.1, -0.05) is 26.0 Å². The van der Waals surface area contributed by atoms with E-state index in [9.17, 15) is 0 Å². The summed E-state index contributed by atoms with van der Waals surface area (Å²) >= 11 is 0. The third-order valence-corrected chi connectivity index (χ3v) is 2.44. The second-order valence-corrected chi connectivity index (χ2v) is 4.02. The summed E-state index contributed by atoms with van der Waals surface area (Å²) in [5.41, 5.74) is 1.30. The molecule has 0 saturated carbocycles. The van der Waals surface area contributed by atoms with E-state index in [0.29, 0.717) is 12.0 Å². The Balaban J connectivity index is 4.27. The Kier molecular flexibility index (Phi) is 5.52. The molecule has 0 aliphatic carbocycles. The molecule has 76 valence electrons. The van der Waals surface area contributed by atoms with Gasteiger partial charge in [0.2, 0.25) is 0 Å². The van der Waals surface area contributed by atoms with Gasteiger partial charge in [-0.25, -0.2) is 0 Å². The summed E-state index contributed by atoms with van der Waals surface area (Å²) in [6.07, 6.45) is 6.40. The van der Waals surface area contributed by atoms with E-state index in [2.05, 4.69) is 58.0 Å². The molecule has 0 radical (unpaired) electrons. The Labute approximate surface area is 83.1 Å². The average Bonchev–Trinajstić information content (AvgIpc) is 2.03. The number of hydrogen-bond donors (Lipinski definition) is 0. The molecule has 0 heterocycles. The molecule has 0 rings (SSSR count). The first-order valence-electron chi connectivity index (χ1n) is 5.02. The van der Waals surface area contributed by atoms with Gasteiger partial charge in [0, 0.05) is 19.3 Å². The summed E-state index contributed by atoms with van der Waals surface area (Å²) in [6, 6.07) is 0.597. The van der Waals surface area contributed by atoms with Gasteiger partial charge in [-0.15, -0.1) is 0 Å². The van der Waals surface area contributed by atoms with Gasteiger partial charge < -0.3 is 4.90 Å². The minimum Gasteiger partial charge on any atom is -0.377 e. The molecule has 1 heteroatoms. The van der Waals surface area contributed by atoms with E-state index in [1.54, 1.807) is 0 Å². The quantitative estimate of drug-likeness (QED) is 0.600. The van der Waals surface area contributed by atoms with Gasteiger partial charge >= 0.3 is 0 Å². The van der Waals surface area contributed by atoms with Gasteiger partial charge in [0.05, 0.1) is 0 Å². The Hall–Kier alpha value is -0.720. The van der Waals surface area contributed by atoms with Crippen LogP contribution in [0.3, 0.4) is 0 Å². The van der Waals surface area contributed by atoms with Crippen molar-refractivity contribution in [3.63, 3.8) is 0 Å². The first-order chi connectivity index (χ1) is 5.99. The van der Waals surface area contributed by atoms with Crippen LogP contribution in [-0.2, 0) is 0 Å². The van der Waals surface area contributed by atoms with Crippen LogP contribution in [0.15, 0.2) is 23.9 Å². The molecule has 1 nitrogen and oxygen atoms in total. The molecule has 0 aliphatic heterocycles. The summed E-state index contributed by atoms with van der Waals surface area (Å²) in [7, 11) is 2.14. The highest BCUT2D eigenvalue weighted by Gasteiger charge is 2.09. The highest BCUT2D eigenvalue weighted by molar-refractivity contribution is 5.14. The maximum Gasteiger partial charge on any atom is 0.0275 e. The molecule has 0 bridgehead atoms. The summed E-state index contributed by atoms with van der Waals surface area (Å²) in [5.74, 6) is 0.694. The van der Waals surface area contributed by atoms with Crippen LogP contribution in [0.2, 0.25) is 0 Å². The molecule has 0 saturated heterocycles. The third-order valence-electron chi connectivity index (χ3n) is 2.44. The second-order valence-electron chi connectivity index (χ2n) is 4.02. The van der Waals surface area contributed by atoms with Crippen molar-refractivity contribution in [3.8, 4) is 0 Å². The fraction of sp³-hybridized carbons (Fsp3) is 0.667. The fourth-order valence-electron chi connectivity index (χ4n) is 1.21. The maximum atomic E-state index is 2.28. The van der Waals surface area contributed by atoms with E-state index < -0.39 is 0 Å². The third kappa shape index (κ3) is 4.76. The zero-order valence-corrected chi connectivity index (χ0v) is 9.83. The van der Waals surface area contributed by atoms with Crippen molar-refractivity contribution in [1.29, 1.82) is 0 Å². The predicted molar refractivity (Wildman–Crippen MR) is 60.6 cm³/mol. The van der Waals surface area contributed by atoms with Crippen LogP contribution in [-0.4, -0.2) is 18.0 Å². The molecule has 1 unspecified atom stereocenters. The van der Waals surface area contributed by atoms with Gasteiger partial charge in [0.1, 0.15) is 0 Å². The highest BCUT2D eigenvalue weighted by atomic mass is 15.1. The molecular formula is C12H23N. The van der Waals surface area contributed by atoms with E-state index in [-0.39, 0.29) is 0 Å². The lowest BCUT2D eigenvalue weighted by Crippen LogP contribution is -2.28. The summed E-state index contributed by atoms with van der Waals surface area (Å²) in [6.45, 7) is 10.9. The number of rotatable bonds is 4. The molecule has 0 aromatic rings. The molecule has 1 atom stereocenters. The van der Waals surface area contributed by atoms with E-state index in [1.165, 1.54) is 5.57 Å². The smallest absolute Gasteiger partial charge is 0.0275 e. The average molecular weight is 181 g/mol. The molecule has 0 N–H and O–H groups in total. The Bertz CT molecular complexity index is 189. The minimum atomic E-state index is 0.597. The van der Waals surface area contributed by atoms with Crippen LogP contribution in [0, 0.1) is 5.92 Å². The molecule has 0 spiro atoms. The lowest BCUT2D eigenvalue weighted by atomic mass is 10.1. The largest absolute Gasteiger partial charge is 0.377 e. The van der Waals surface area contributed by atoms with Crippen molar-refractivity contribution < 1.29 is 0 Å². The molecule has 13 heavy (non-hydrogen) atoms. The van der Waals surface area contributed by atoms with Gasteiger partial charge in [0.25, 0.3) is 0 Å². The van der Waals surface area contributed by atoms with Gasteiger partial charge in [-0.3, -0.25) is 0 Å². The molecule has 0 aromatic heterocycles. The van der Waals surface area contributed by atoms with Crippen molar-refractivity contribution in [3.05, 3.63) is 23.9 Å². The molecule has 0 amide bonds. The Morgan fingerprint density at radius 2 is 1.77 bits per heavy atom. The van der Waals surface area contributed by atoms with Gasteiger partial charge in [-0.2, -0.15) is 0 Å². The van der Waals surface area contributed by atoms with Crippen molar-refractivity contribution in [2.45, 2.75) is 40.7 Å². The Morgan fingerprint density at radius 1 is 1.23 bits per heavy atom. The van der Waals surface area contributed by atoms with Crippen molar-refractivity contribution >= 4 is 0 Å². The lowest BCUT2D eigenvalue weighted by molar-refractivity contribution is 0.279. The van der Waals surface area contributed by atoms with E-state index in [0.717, 1.165) is 0 Å². The minimum absolute atomic E-state index is 0.597. The SMILES string of the molecule is C/C=C\C(C)=C\N(C)C(C)C(C)C. The first-order valence-corrected chi connectivity index (χ1v) is 5.02. The summed E-state index contributed by atoms with van der Waals surface area (Å²) in [5, 5.41) is 0. The zero-order valence-electron chi connectivity index (χ0n) is 9.83. The van der Waals surface area contributed by atoms with E-state index in [4.69, 9.17) is 0 Å². The number of allylic oxidation sites excluding steroid dienone is 3.